The molecule has 28 heavy (non-hydrogen) atoms. The van der Waals surface area contributed by atoms with Crippen LogP contribution in [-0.4, -0.2) is 22.8 Å². The molecule has 0 saturated heterocycles. The molecule has 2 N–H and O–H groups in total. The van der Waals surface area contributed by atoms with Crippen LogP contribution in [0.15, 0.2) is 65.3 Å². The second-order valence-electron chi connectivity index (χ2n) is 6.27. The van der Waals surface area contributed by atoms with Crippen LogP contribution >= 0.6 is 0 Å². The van der Waals surface area contributed by atoms with Gasteiger partial charge in [0, 0.05) is 16.9 Å². The van der Waals surface area contributed by atoms with E-state index in [2.05, 4.69) is 15.8 Å². The van der Waals surface area contributed by atoms with Gasteiger partial charge in [0.05, 0.1) is 12.1 Å². The molecule has 0 aliphatic heterocycles. The summed E-state index contributed by atoms with van der Waals surface area (Å²) in [4.78, 5) is 37.0. The topological polar surface area (TPSA) is 101 Å². The second kappa shape index (κ2) is 8.30. The molecule has 0 fully saturated rings. The van der Waals surface area contributed by atoms with Gasteiger partial charge in [-0.05, 0) is 50.2 Å². The van der Waals surface area contributed by atoms with E-state index >= 15 is 0 Å². The predicted octanol–water partition coefficient (Wildman–Crippen LogP) is 3.69. The normalized spacial score (nSPS) is 11.5. The van der Waals surface area contributed by atoms with Gasteiger partial charge in [-0.1, -0.05) is 23.4 Å². The zero-order valence-electron chi connectivity index (χ0n) is 15.4. The number of aryl methyl sites for hydroxylation is 1. The summed E-state index contributed by atoms with van der Waals surface area (Å²) in [6, 6.07) is 15.3. The molecule has 0 saturated carbocycles. The van der Waals surface area contributed by atoms with E-state index in [9.17, 15) is 14.4 Å². The first-order valence-electron chi connectivity index (χ1n) is 8.68. The molecule has 7 nitrogen and oxygen atoms in total. The Labute approximate surface area is 161 Å². The van der Waals surface area contributed by atoms with Crippen LogP contribution in [0.3, 0.4) is 0 Å². The van der Waals surface area contributed by atoms with Crippen LogP contribution in [0.1, 0.15) is 33.4 Å². The van der Waals surface area contributed by atoms with Gasteiger partial charge in [-0.3, -0.25) is 14.4 Å². The maximum Gasteiger partial charge on any atom is 0.260 e. The Morgan fingerprint density at radius 3 is 2.18 bits per heavy atom. The van der Waals surface area contributed by atoms with Gasteiger partial charge in [-0.25, -0.2) is 0 Å². The van der Waals surface area contributed by atoms with Crippen LogP contribution in [0, 0.1) is 12.8 Å². The van der Waals surface area contributed by atoms with Crippen molar-refractivity contribution < 1.29 is 18.9 Å². The number of nitrogens with one attached hydrogen (secondary N) is 2. The van der Waals surface area contributed by atoms with E-state index in [0.29, 0.717) is 28.3 Å². The molecule has 142 valence electrons. The molecular formula is C21H19N3O4. The Morgan fingerprint density at radius 2 is 1.57 bits per heavy atom. The first kappa shape index (κ1) is 19.0. The molecule has 0 radical (unpaired) electrons. The van der Waals surface area contributed by atoms with E-state index in [0.717, 1.165) is 0 Å². The highest BCUT2D eigenvalue weighted by molar-refractivity contribution is 6.13. The molecule has 2 aromatic carbocycles. The first-order valence-corrected chi connectivity index (χ1v) is 8.68. The Balaban J connectivity index is 1.63. The maximum atomic E-state index is 12.6. The van der Waals surface area contributed by atoms with Gasteiger partial charge in [0.2, 0.25) is 5.91 Å². The Hall–Kier alpha value is -3.74. The number of benzene rings is 2. The minimum atomic E-state index is -0.847. The molecule has 0 aliphatic rings. The van der Waals surface area contributed by atoms with E-state index in [-0.39, 0.29) is 17.6 Å². The number of nitrogens with zero attached hydrogens (tertiary/aromatic N) is 1. The Bertz CT molecular complexity index is 994. The largest absolute Gasteiger partial charge is 0.361 e. The molecule has 0 bridgehead atoms. The minimum absolute atomic E-state index is 0.304. The summed E-state index contributed by atoms with van der Waals surface area (Å²) in [5, 5.41) is 8.99. The number of amides is 2. The zero-order chi connectivity index (χ0) is 20.1. The summed E-state index contributed by atoms with van der Waals surface area (Å²) >= 11 is 0. The Kier molecular flexibility index (Phi) is 5.64. The van der Waals surface area contributed by atoms with Crippen molar-refractivity contribution in [3.05, 3.63) is 77.7 Å². The lowest BCUT2D eigenvalue weighted by atomic mass is 9.98. The van der Waals surface area contributed by atoms with Crippen molar-refractivity contribution >= 4 is 29.0 Å². The SMILES string of the molecule is Cc1oncc1C(=O)Nc1ccc(C(=O)C(C)C(=O)Nc2ccccc2)cc1. The van der Waals surface area contributed by atoms with Crippen LogP contribution < -0.4 is 10.6 Å². The molecular weight excluding hydrogens is 358 g/mol. The lowest BCUT2D eigenvalue weighted by Crippen LogP contribution is -2.27. The van der Waals surface area contributed by atoms with Gasteiger partial charge >= 0.3 is 0 Å². The van der Waals surface area contributed by atoms with Crippen LogP contribution in [0.2, 0.25) is 0 Å². The zero-order valence-corrected chi connectivity index (χ0v) is 15.4. The van der Waals surface area contributed by atoms with Gasteiger partial charge in [-0.2, -0.15) is 0 Å². The smallest absolute Gasteiger partial charge is 0.260 e. The van der Waals surface area contributed by atoms with Crippen molar-refractivity contribution in [3.63, 3.8) is 0 Å². The number of carbonyl (C=O) groups is 3. The molecule has 1 aromatic heterocycles. The number of para-hydroxylation sites is 1. The van der Waals surface area contributed by atoms with Crippen LogP contribution in [0.4, 0.5) is 11.4 Å². The van der Waals surface area contributed by atoms with Crippen molar-refractivity contribution in [2.45, 2.75) is 13.8 Å². The number of hydrogen-bond acceptors (Lipinski definition) is 5. The minimum Gasteiger partial charge on any atom is -0.361 e. The monoisotopic (exact) mass is 377 g/mol. The fourth-order valence-electron chi connectivity index (χ4n) is 2.57. The highest BCUT2D eigenvalue weighted by Crippen LogP contribution is 2.17. The van der Waals surface area contributed by atoms with E-state index in [1.165, 1.54) is 6.20 Å². The van der Waals surface area contributed by atoms with Gasteiger partial charge in [0.1, 0.15) is 11.3 Å². The summed E-state index contributed by atoms with van der Waals surface area (Å²) < 4.78 is 4.87. The Morgan fingerprint density at radius 1 is 0.929 bits per heavy atom. The number of anilines is 2. The summed E-state index contributed by atoms with van der Waals surface area (Å²) in [6.07, 6.45) is 1.34. The third-order valence-corrected chi connectivity index (χ3v) is 4.25. The maximum absolute atomic E-state index is 12.6. The fraction of sp³-hybridized carbons (Fsp3) is 0.143. The summed E-state index contributed by atoms with van der Waals surface area (Å²) in [5.41, 5.74) is 1.87. The van der Waals surface area contributed by atoms with Crippen molar-refractivity contribution in [1.29, 1.82) is 0 Å². The lowest BCUT2D eigenvalue weighted by Gasteiger charge is -2.12. The molecule has 1 heterocycles. The highest BCUT2D eigenvalue weighted by Gasteiger charge is 2.23. The summed E-state index contributed by atoms with van der Waals surface area (Å²) in [6.45, 7) is 3.20. The van der Waals surface area contributed by atoms with Crippen molar-refractivity contribution in [2.24, 2.45) is 5.92 Å². The van der Waals surface area contributed by atoms with E-state index in [4.69, 9.17) is 4.52 Å². The number of ketones is 1. The average Bonchev–Trinajstić information content (AvgIpc) is 3.14. The van der Waals surface area contributed by atoms with Gasteiger partial charge in [-0.15, -0.1) is 0 Å². The van der Waals surface area contributed by atoms with Crippen LogP contribution in [0.5, 0.6) is 0 Å². The molecule has 2 amide bonds. The van der Waals surface area contributed by atoms with Crippen molar-refractivity contribution in [2.75, 3.05) is 10.6 Å². The molecule has 0 spiro atoms. The molecule has 3 rings (SSSR count). The number of carbonyl (C=O) groups excluding carboxylic acids is 3. The number of aromatic nitrogens is 1. The summed E-state index contributed by atoms with van der Waals surface area (Å²) in [5.74, 6) is -1.46. The first-order chi connectivity index (χ1) is 13.5. The molecule has 0 aliphatic carbocycles. The van der Waals surface area contributed by atoms with Crippen LogP contribution in [-0.2, 0) is 4.79 Å². The van der Waals surface area contributed by atoms with E-state index < -0.39 is 5.92 Å². The number of Topliss-reactive ketones (excluding diaryl/α,β-unsaturated/α-hetero) is 1. The molecule has 1 atom stereocenters. The van der Waals surface area contributed by atoms with Crippen LogP contribution in [0.25, 0.3) is 0 Å². The van der Waals surface area contributed by atoms with E-state index in [1.54, 1.807) is 62.4 Å². The highest BCUT2D eigenvalue weighted by atomic mass is 16.5. The average molecular weight is 377 g/mol. The predicted molar refractivity (Wildman–Crippen MR) is 104 cm³/mol. The van der Waals surface area contributed by atoms with Gasteiger partial charge in [0.25, 0.3) is 5.91 Å². The van der Waals surface area contributed by atoms with Gasteiger partial charge < -0.3 is 15.2 Å². The number of hydrogen-bond donors (Lipinski definition) is 2. The van der Waals surface area contributed by atoms with E-state index in [1.807, 2.05) is 6.07 Å². The number of rotatable bonds is 6. The van der Waals surface area contributed by atoms with Gasteiger partial charge in [0.15, 0.2) is 5.78 Å². The lowest BCUT2D eigenvalue weighted by molar-refractivity contribution is -0.118. The fourth-order valence-corrected chi connectivity index (χ4v) is 2.57. The third kappa shape index (κ3) is 4.32. The molecule has 3 aromatic rings. The summed E-state index contributed by atoms with van der Waals surface area (Å²) in [7, 11) is 0. The quantitative estimate of drug-likeness (QED) is 0.504. The van der Waals surface area contributed by atoms with Crippen molar-refractivity contribution in [3.8, 4) is 0 Å². The third-order valence-electron chi connectivity index (χ3n) is 4.25. The second-order valence-corrected chi connectivity index (χ2v) is 6.27. The molecule has 1 unspecified atom stereocenters. The molecule has 7 heteroatoms. The van der Waals surface area contributed by atoms with Crippen molar-refractivity contribution in [1.82, 2.24) is 5.16 Å². The standard InChI is InChI=1S/C21H19N3O4/c1-13(20(26)23-16-6-4-3-5-7-16)19(25)15-8-10-17(11-9-15)24-21(27)18-12-22-28-14(18)2/h3-13H,1-2H3,(H,23,26)(H,24,27).